The third-order valence-electron chi connectivity index (χ3n) is 4.23. The smallest absolute Gasteiger partial charge is 0.320 e. The van der Waals surface area contributed by atoms with Crippen LogP contribution >= 0.6 is 0 Å². The normalized spacial score (nSPS) is 22.5. The molecule has 1 aromatic carbocycles. The summed E-state index contributed by atoms with van der Waals surface area (Å²) in [4.78, 5) is 16.3. The number of carbonyl (C=O) groups is 1. The van der Waals surface area contributed by atoms with Crippen molar-refractivity contribution in [3.63, 3.8) is 0 Å². The molecule has 1 aromatic rings. The lowest BCUT2D eigenvalue weighted by Gasteiger charge is -2.34. The second-order valence-corrected chi connectivity index (χ2v) is 5.39. The molecule has 0 aromatic heterocycles. The summed E-state index contributed by atoms with van der Waals surface area (Å²) in [7, 11) is 0. The summed E-state index contributed by atoms with van der Waals surface area (Å²) in [6.45, 7) is 2.34. The summed E-state index contributed by atoms with van der Waals surface area (Å²) in [5, 5.41) is 9.33. The largest absolute Gasteiger partial charge is 0.394 e. The fraction of sp³-hybridized carbons (Fsp3) is 0.533. The maximum absolute atomic E-state index is 12.5. The molecule has 0 aliphatic carbocycles. The number of carbonyl (C=O) groups excluding carboxylic acids is 1. The Morgan fingerprint density at radius 1 is 1.26 bits per heavy atom. The fourth-order valence-electron chi connectivity index (χ4n) is 3.12. The number of amides is 2. The summed E-state index contributed by atoms with van der Waals surface area (Å²) in [6.07, 6.45) is 2.85. The number of aliphatic hydroxyl groups is 1. The van der Waals surface area contributed by atoms with Gasteiger partial charge in [-0.25, -0.2) is 4.79 Å². The number of hydrogen-bond donors (Lipinski definition) is 1. The van der Waals surface area contributed by atoms with E-state index in [1.807, 2.05) is 15.9 Å². The first kappa shape index (κ1) is 12.5. The van der Waals surface area contributed by atoms with Crippen molar-refractivity contribution in [2.24, 2.45) is 0 Å². The molecule has 0 spiro atoms. The summed E-state index contributed by atoms with van der Waals surface area (Å²) in [6, 6.07) is 8.43. The Balaban J connectivity index is 1.72. The van der Waals surface area contributed by atoms with E-state index in [0.29, 0.717) is 6.54 Å². The van der Waals surface area contributed by atoms with Gasteiger partial charge in [0.2, 0.25) is 0 Å². The molecule has 0 radical (unpaired) electrons. The lowest BCUT2D eigenvalue weighted by molar-refractivity contribution is 0.122. The van der Waals surface area contributed by atoms with E-state index in [1.54, 1.807) is 0 Å². The van der Waals surface area contributed by atoms with E-state index in [2.05, 4.69) is 18.2 Å². The average Bonchev–Trinajstić information content (AvgIpc) is 2.94. The molecular formula is C15H20N2O2. The van der Waals surface area contributed by atoms with E-state index < -0.39 is 0 Å². The molecule has 0 bridgehead atoms. The number of likely N-dealkylation sites (tertiary alicyclic amines) is 1. The molecule has 0 unspecified atom stereocenters. The summed E-state index contributed by atoms with van der Waals surface area (Å²) in [5.74, 6) is 0. The van der Waals surface area contributed by atoms with Gasteiger partial charge in [0.15, 0.2) is 0 Å². The molecule has 1 saturated heterocycles. The maximum Gasteiger partial charge on any atom is 0.320 e. The zero-order chi connectivity index (χ0) is 13.2. The van der Waals surface area contributed by atoms with E-state index in [9.17, 15) is 9.90 Å². The van der Waals surface area contributed by atoms with Crippen LogP contribution in [-0.2, 0) is 13.0 Å². The molecule has 3 rings (SSSR count). The van der Waals surface area contributed by atoms with Crippen LogP contribution in [0.25, 0.3) is 0 Å². The Morgan fingerprint density at radius 2 is 2.05 bits per heavy atom. The molecule has 2 heterocycles. The van der Waals surface area contributed by atoms with Crippen LogP contribution in [0.4, 0.5) is 4.79 Å². The second kappa shape index (κ2) is 5.21. The van der Waals surface area contributed by atoms with Gasteiger partial charge in [-0.15, -0.1) is 0 Å². The molecule has 0 saturated carbocycles. The molecular weight excluding hydrogens is 240 g/mol. The zero-order valence-electron chi connectivity index (χ0n) is 11.1. The van der Waals surface area contributed by atoms with E-state index >= 15 is 0 Å². The highest BCUT2D eigenvalue weighted by Crippen LogP contribution is 2.23. The minimum absolute atomic E-state index is 0.0182. The standard InChI is InChI=1S/C15H20N2O2/c18-11-14-6-3-8-17(14)15(19)16-9-7-12-4-1-2-5-13(12)10-16/h1-2,4-5,14,18H,3,6-11H2/t14-/m1/s1. The van der Waals surface area contributed by atoms with Crippen LogP contribution in [0.1, 0.15) is 24.0 Å². The Hall–Kier alpha value is -1.55. The Morgan fingerprint density at radius 3 is 2.84 bits per heavy atom. The van der Waals surface area contributed by atoms with Gasteiger partial charge in [-0.05, 0) is 30.4 Å². The minimum atomic E-state index is 0.0182. The van der Waals surface area contributed by atoms with E-state index in [-0.39, 0.29) is 18.7 Å². The molecule has 4 nitrogen and oxygen atoms in total. The topological polar surface area (TPSA) is 43.8 Å². The summed E-state index contributed by atoms with van der Waals surface area (Å²) in [5.41, 5.74) is 2.61. The number of urea groups is 1. The van der Waals surface area contributed by atoms with Crippen LogP contribution in [0.2, 0.25) is 0 Å². The first-order valence-electron chi connectivity index (χ1n) is 7.03. The number of rotatable bonds is 1. The Bertz CT molecular complexity index is 475. The predicted octanol–water partition coefficient (Wildman–Crippen LogP) is 1.62. The van der Waals surface area contributed by atoms with E-state index in [0.717, 1.165) is 32.4 Å². The van der Waals surface area contributed by atoms with Crippen molar-refractivity contribution in [1.82, 2.24) is 9.80 Å². The number of hydrogen-bond acceptors (Lipinski definition) is 2. The third kappa shape index (κ3) is 2.32. The fourth-order valence-corrected chi connectivity index (χ4v) is 3.12. The molecule has 2 aliphatic rings. The van der Waals surface area contributed by atoms with Crippen LogP contribution in [0, 0.1) is 0 Å². The molecule has 2 aliphatic heterocycles. The summed E-state index contributed by atoms with van der Waals surface area (Å²) < 4.78 is 0. The quantitative estimate of drug-likeness (QED) is 0.834. The van der Waals surface area contributed by atoms with Crippen molar-refractivity contribution in [3.8, 4) is 0 Å². The van der Waals surface area contributed by atoms with E-state index in [4.69, 9.17) is 0 Å². The highest BCUT2D eigenvalue weighted by molar-refractivity contribution is 5.75. The second-order valence-electron chi connectivity index (χ2n) is 5.39. The molecule has 19 heavy (non-hydrogen) atoms. The Labute approximate surface area is 113 Å². The van der Waals surface area contributed by atoms with Gasteiger partial charge in [-0.3, -0.25) is 0 Å². The first-order chi connectivity index (χ1) is 9.29. The monoisotopic (exact) mass is 260 g/mol. The van der Waals surface area contributed by atoms with E-state index in [1.165, 1.54) is 11.1 Å². The van der Waals surface area contributed by atoms with Gasteiger partial charge in [0, 0.05) is 19.6 Å². The van der Waals surface area contributed by atoms with Crippen LogP contribution in [-0.4, -0.2) is 46.7 Å². The third-order valence-corrected chi connectivity index (χ3v) is 4.23. The van der Waals surface area contributed by atoms with Crippen LogP contribution in [0.15, 0.2) is 24.3 Å². The van der Waals surface area contributed by atoms with Gasteiger partial charge >= 0.3 is 6.03 Å². The number of aliphatic hydroxyl groups excluding tert-OH is 1. The highest BCUT2D eigenvalue weighted by Gasteiger charge is 2.32. The van der Waals surface area contributed by atoms with Gasteiger partial charge in [-0.1, -0.05) is 24.3 Å². The van der Waals surface area contributed by atoms with Crippen molar-refractivity contribution in [2.45, 2.75) is 31.8 Å². The number of nitrogens with zero attached hydrogens (tertiary/aromatic N) is 2. The molecule has 1 N–H and O–H groups in total. The number of benzene rings is 1. The zero-order valence-corrected chi connectivity index (χ0v) is 11.1. The van der Waals surface area contributed by atoms with Gasteiger partial charge in [-0.2, -0.15) is 0 Å². The SMILES string of the molecule is O=C(N1CCc2ccccc2C1)N1CCC[C@@H]1CO. The molecule has 102 valence electrons. The maximum atomic E-state index is 12.5. The van der Waals surface area contributed by atoms with Crippen molar-refractivity contribution >= 4 is 6.03 Å². The lowest BCUT2D eigenvalue weighted by atomic mass is 10.0. The van der Waals surface area contributed by atoms with Crippen molar-refractivity contribution in [2.75, 3.05) is 19.7 Å². The van der Waals surface area contributed by atoms with Crippen molar-refractivity contribution in [3.05, 3.63) is 35.4 Å². The van der Waals surface area contributed by atoms with Crippen LogP contribution < -0.4 is 0 Å². The van der Waals surface area contributed by atoms with Crippen LogP contribution in [0.5, 0.6) is 0 Å². The summed E-state index contributed by atoms with van der Waals surface area (Å²) >= 11 is 0. The molecule has 4 heteroatoms. The van der Waals surface area contributed by atoms with Gasteiger partial charge in [0.25, 0.3) is 0 Å². The van der Waals surface area contributed by atoms with Gasteiger partial charge < -0.3 is 14.9 Å². The van der Waals surface area contributed by atoms with Crippen LogP contribution in [0.3, 0.4) is 0 Å². The van der Waals surface area contributed by atoms with Crippen molar-refractivity contribution in [1.29, 1.82) is 0 Å². The molecule has 2 amide bonds. The predicted molar refractivity (Wildman–Crippen MR) is 72.8 cm³/mol. The lowest BCUT2D eigenvalue weighted by Crippen LogP contribution is -2.48. The first-order valence-corrected chi connectivity index (χ1v) is 7.03. The van der Waals surface area contributed by atoms with Gasteiger partial charge in [0.1, 0.15) is 0 Å². The van der Waals surface area contributed by atoms with Gasteiger partial charge in [0.05, 0.1) is 12.6 Å². The van der Waals surface area contributed by atoms with Crippen molar-refractivity contribution < 1.29 is 9.90 Å². The molecule has 1 fully saturated rings. The number of fused-ring (bicyclic) bond motifs is 1. The Kier molecular flexibility index (Phi) is 3.42. The highest BCUT2D eigenvalue weighted by atomic mass is 16.3. The minimum Gasteiger partial charge on any atom is -0.394 e. The average molecular weight is 260 g/mol. The molecule has 1 atom stereocenters.